The van der Waals surface area contributed by atoms with Gasteiger partial charge in [0.25, 0.3) is 5.91 Å². The number of piperidine rings is 2. The predicted octanol–water partition coefficient (Wildman–Crippen LogP) is 2.98. The van der Waals surface area contributed by atoms with Crippen molar-refractivity contribution in [2.24, 2.45) is 0 Å². The fraction of sp³-hybridized carbons (Fsp3) is 0.423. The molecule has 3 heterocycles. The number of fused-ring (bicyclic) bond motifs is 1. The number of hydrogen-bond acceptors (Lipinski definition) is 5. The first-order chi connectivity index (χ1) is 16.3. The molecule has 8 heteroatoms. The quantitative estimate of drug-likeness (QED) is 0.678. The normalized spacial score (nSPS) is 21.6. The second kappa shape index (κ2) is 8.83. The number of rotatable bonds is 4. The molecule has 34 heavy (non-hydrogen) atoms. The minimum absolute atomic E-state index is 0.0490. The largest absolute Gasteiger partial charge is 0.508 e. The summed E-state index contributed by atoms with van der Waals surface area (Å²) in [6, 6.07) is 8.10. The molecule has 0 aliphatic carbocycles. The van der Waals surface area contributed by atoms with E-state index in [1.807, 2.05) is 19.1 Å². The highest BCUT2D eigenvalue weighted by Gasteiger charge is 2.40. The molecule has 3 aliphatic heterocycles. The smallest absolute Gasteiger partial charge is 0.255 e. The maximum absolute atomic E-state index is 15.1. The number of carbonyl (C=O) groups is 3. The highest BCUT2D eigenvalue weighted by molar-refractivity contribution is 6.05. The highest BCUT2D eigenvalue weighted by atomic mass is 19.1. The molecule has 7 nitrogen and oxygen atoms in total. The van der Waals surface area contributed by atoms with Crippen molar-refractivity contribution in [3.8, 4) is 5.75 Å². The Morgan fingerprint density at radius 1 is 1.09 bits per heavy atom. The minimum Gasteiger partial charge on any atom is -0.508 e. The number of aromatic hydroxyl groups is 1. The van der Waals surface area contributed by atoms with E-state index in [9.17, 15) is 19.5 Å². The summed E-state index contributed by atoms with van der Waals surface area (Å²) >= 11 is 0. The molecule has 178 valence electrons. The van der Waals surface area contributed by atoms with Gasteiger partial charge < -0.3 is 10.0 Å². The van der Waals surface area contributed by atoms with Crippen molar-refractivity contribution in [2.75, 3.05) is 13.1 Å². The van der Waals surface area contributed by atoms with E-state index in [1.165, 1.54) is 11.0 Å². The number of carbonyl (C=O) groups excluding carboxylic acids is 3. The molecule has 2 aromatic carbocycles. The summed E-state index contributed by atoms with van der Waals surface area (Å²) in [5.41, 5.74) is 3.56. The second-order valence-electron chi connectivity index (χ2n) is 9.61. The van der Waals surface area contributed by atoms with Gasteiger partial charge >= 0.3 is 0 Å². The van der Waals surface area contributed by atoms with E-state index >= 15 is 4.39 Å². The standard InChI is InChI=1S/C26H28FN3O4/c1-15-2-3-17(23(31)10-15)13-29-8-6-16(7-9-29)19-11-18-14-30(26(34)20(18)12-21(19)27)22-4-5-24(32)28-25(22)33/h2-3,10-12,16,22,31H,4-9,13-14H2,1H3,(H,28,32,33). The first-order valence-corrected chi connectivity index (χ1v) is 11.8. The number of benzene rings is 2. The van der Waals surface area contributed by atoms with Crippen molar-refractivity contribution in [1.29, 1.82) is 0 Å². The molecule has 0 aromatic heterocycles. The summed E-state index contributed by atoms with van der Waals surface area (Å²) in [6.07, 6.45) is 2.05. The Morgan fingerprint density at radius 3 is 2.56 bits per heavy atom. The summed E-state index contributed by atoms with van der Waals surface area (Å²) in [6.45, 7) is 4.42. The number of imide groups is 1. The molecule has 1 atom stereocenters. The van der Waals surface area contributed by atoms with E-state index in [2.05, 4.69) is 10.2 Å². The van der Waals surface area contributed by atoms with Crippen molar-refractivity contribution < 1.29 is 23.9 Å². The van der Waals surface area contributed by atoms with Crippen molar-refractivity contribution in [3.63, 3.8) is 0 Å². The third-order valence-corrected chi connectivity index (χ3v) is 7.30. The van der Waals surface area contributed by atoms with Crippen LogP contribution in [0.1, 0.15) is 64.2 Å². The molecule has 1 unspecified atom stereocenters. The zero-order chi connectivity index (χ0) is 24.0. The number of phenols is 1. The van der Waals surface area contributed by atoms with E-state index < -0.39 is 11.9 Å². The van der Waals surface area contributed by atoms with E-state index in [-0.39, 0.29) is 42.9 Å². The highest BCUT2D eigenvalue weighted by Crippen LogP contribution is 2.36. The third-order valence-electron chi connectivity index (χ3n) is 7.30. The molecule has 0 radical (unpaired) electrons. The van der Waals surface area contributed by atoms with Gasteiger partial charge in [0.15, 0.2) is 0 Å². The van der Waals surface area contributed by atoms with Gasteiger partial charge in [-0.3, -0.25) is 24.6 Å². The molecule has 3 aliphatic rings. The molecule has 2 N–H and O–H groups in total. The van der Waals surface area contributed by atoms with Crippen LogP contribution in [-0.4, -0.2) is 51.8 Å². The molecular weight excluding hydrogens is 437 g/mol. The van der Waals surface area contributed by atoms with E-state index in [1.54, 1.807) is 12.1 Å². The molecule has 2 saturated heterocycles. The van der Waals surface area contributed by atoms with Crippen LogP contribution in [0.15, 0.2) is 30.3 Å². The predicted molar refractivity (Wildman–Crippen MR) is 123 cm³/mol. The van der Waals surface area contributed by atoms with E-state index in [4.69, 9.17) is 0 Å². The van der Waals surface area contributed by atoms with Crippen LogP contribution in [0.25, 0.3) is 0 Å². The Bertz CT molecular complexity index is 1170. The Balaban J connectivity index is 1.27. The SMILES string of the molecule is Cc1ccc(CN2CCC(c3cc4c(cc3F)C(=O)N(C3CCC(=O)NC3=O)C4)CC2)c(O)c1. The van der Waals surface area contributed by atoms with Gasteiger partial charge in [0.1, 0.15) is 17.6 Å². The molecule has 5 rings (SSSR count). The summed E-state index contributed by atoms with van der Waals surface area (Å²) in [5.74, 6) is -1.19. The van der Waals surface area contributed by atoms with Crippen molar-refractivity contribution >= 4 is 17.7 Å². The van der Waals surface area contributed by atoms with Crippen LogP contribution >= 0.6 is 0 Å². The van der Waals surface area contributed by atoms with Gasteiger partial charge in [0.05, 0.1) is 0 Å². The Hall–Kier alpha value is -3.26. The molecule has 2 fully saturated rings. The Labute approximate surface area is 197 Å². The Kier molecular flexibility index (Phi) is 5.85. The monoisotopic (exact) mass is 465 g/mol. The number of nitrogens with zero attached hydrogens (tertiary/aromatic N) is 2. The number of aryl methyl sites for hydroxylation is 1. The summed E-state index contributed by atoms with van der Waals surface area (Å²) in [7, 11) is 0. The summed E-state index contributed by atoms with van der Waals surface area (Å²) in [5, 5.41) is 12.5. The maximum atomic E-state index is 15.1. The number of hydrogen-bond donors (Lipinski definition) is 2. The van der Waals surface area contributed by atoms with Crippen LogP contribution < -0.4 is 5.32 Å². The van der Waals surface area contributed by atoms with Crippen molar-refractivity contribution in [1.82, 2.24) is 15.1 Å². The van der Waals surface area contributed by atoms with Gasteiger partial charge in [0.2, 0.25) is 11.8 Å². The van der Waals surface area contributed by atoms with Crippen LogP contribution in [0, 0.1) is 12.7 Å². The number of amides is 3. The fourth-order valence-electron chi connectivity index (χ4n) is 5.37. The average Bonchev–Trinajstić information content (AvgIpc) is 3.11. The maximum Gasteiger partial charge on any atom is 0.255 e. The molecule has 0 bridgehead atoms. The average molecular weight is 466 g/mol. The lowest BCUT2D eigenvalue weighted by molar-refractivity contribution is -0.136. The van der Waals surface area contributed by atoms with Crippen LogP contribution in [-0.2, 0) is 22.7 Å². The zero-order valence-electron chi connectivity index (χ0n) is 19.1. The minimum atomic E-state index is -0.703. The second-order valence-corrected chi connectivity index (χ2v) is 9.61. The zero-order valence-corrected chi connectivity index (χ0v) is 19.1. The molecule has 2 aromatic rings. The lowest BCUT2D eigenvalue weighted by Gasteiger charge is -2.32. The first kappa shape index (κ1) is 22.5. The van der Waals surface area contributed by atoms with Crippen LogP contribution in [0.5, 0.6) is 5.75 Å². The van der Waals surface area contributed by atoms with Gasteiger partial charge in [-0.05, 0) is 74.0 Å². The molecule has 0 saturated carbocycles. The summed E-state index contributed by atoms with van der Waals surface area (Å²) < 4.78 is 15.1. The fourth-order valence-corrected chi connectivity index (χ4v) is 5.37. The number of nitrogens with one attached hydrogen (secondary N) is 1. The van der Waals surface area contributed by atoms with Crippen molar-refractivity contribution in [2.45, 2.75) is 57.7 Å². The van der Waals surface area contributed by atoms with Crippen LogP contribution in [0.4, 0.5) is 4.39 Å². The molecular formula is C26H28FN3O4. The molecule has 3 amide bonds. The van der Waals surface area contributed by atoms with Gasteiger partial charge in [-0.25, -0.2) is 4.39 Å². The van der Waals surface area contributed by atoms with Gasteiger partial charge in [-0.1, -0.05) is 18.2 Å². The van der Waals surface area contributed by atoms with Crippen LogP contribution in [0.3, 0.4) is 0 Å². The van der Waals surface area contributed by atoms with E-state index in [0.717, 1.165) is 42.6 Å². The lowest BCUT2D eigenvalue weighted by atomic mass is 9.87. The third kappa shape index (κ3) is 4.18. The topological polar surface area (TPSA) is 90.0 Å². The van der Waals surface area contributed by atoms with Gasteiger partial charge in [0, 0.05) is 30.6 Å². The number of likely N-dealkylation sites (tertiary alicyclic amines) is 1. The van der Waals surface area contributed by atoms with Gasteiger partial charge in [-0.15, -0.1) is 0 Å². The Morgan fingerprint density at radius 2 is 1.85 bits per heavy atom. The van der Waals surface area contributed by atoms with Gasteiger partial charge in [-0.2, -0.15) is 0 Å². The number of halogens is 1. The molecule has 0 spiro atoms. The lowest BCUT2D eigenvalue weighted by Crippen LogP contribution is -2.52. The summed E-state index contributed by atoms with van der Waals surface area (Å²) in [4.78, 5) is 40.3. The van der Waals surface area contributed by atoms with Crippen molar-refractivity contribution in [3.05, 3.63) is 64.0 Å². The number of phenolic OH excluding ortho intramolecular Hbond substituents is 1. The first-order valence-electron chi connectivity index (χ1n) is 11.8. The van der Waals surface area contributed by atoms with E-state index in [0.29, 0.717) is 23.4 Å². The van der Waals surface area contributed by atoms with Crippen LogP contribution in [0.2, 0.25) is 0 Å².